The van der Waals surface area contributed by atoms with Gasteiger partial charge in [-0.2, -0.15) is 5.26 Å². The highest BCUT2D eigenvalue weighted by atomic mass is 79.9. The van der Waals surface area contributed by atoms with E-state index < -0.39 is 0 Å². The summed E-state index contributed by atoms with van der Waals surface area (Å²) >= 11 is 3.41. The summed E-state index contributed by atoms with van der Waals surface area (Å²) in [6.45, 7) is 4.98. The third kappa shape index (κ3) is 2.97. The zero-order chi connectivity index (χ0) is 13.8. The molecule has 0 N–H and O–H groups in total. The van der Waals surface area contributed by atoms with Gasteiger partial charge < -0.3 is 4.90 Å². The van der Waals surface area contributed by atoms with Gasteiger partial charge in [-0.25, -0.2) is 0 Å². The summed E-state index contributed by atoms with van der Waals surface area (Å²) in [6.07, 6.45) is 0. The van der Waals surface area contributed by atoms with Crippen LogP contribution in [0.1, 0.15) is 18.1 Å². The predicted molar refractivity (Wildman–Crippen MR) is 82.7 cm³/mol. The van der Waals surface area contributed by atoms with Crippen molar-refractivity contribution in [2.75, 3.05) is 11.4 Å². The van der Waals surface area contributed by atoms with Crippen LogP contribution >= 0.6 is 15.9 Å². The molecule has 2 nitrogen and oxygen atoms in total. The second-order valence-electron chi connectivity index (χ2n) is 4.36. The number of aryl methyl sites for hydroxylation is 1. The van der Waals surface area contributed by atoms with Crippen LogP contribution in [-0.4, -0.2) is 6.54 Å². The smallest absolute Gasteiger partial charge is 0.101 e. The quantitative estimate of drug-likeness (QED) is 0.814. The molecule has 0 saturated heterocycles. The average molecular weight is 315 g/mol. The first-order valence-corrected chi connectivity index (χ1v) is 6.99. The van der Waals surface area contributed by atoms with E-state index in [9.17, 15) is 5.26 Å². The van der Waals surface area contributed by atoms with Crippen molar-refractivity contribution >= 4 is 27.3 Å². The van der Waals surface area contributed by atoms with E-state index in [1.54, 1.807) is 0 Å². The summed E-state index contributed by atoms with van der Waals surface area (Å²) in [5, 5.41) is 9.29. The Balaban J connectivity index is 2.52. The van der Waals surface area contributed by atoms with Gasteiger partial charge in [0.25, 0.3) is 0 Å². The zero-order valence-corrected chi connectivity index (χ0v) is 12.6. The average Bonchev–Trinajstić information content (AvgIpc) is 2.41. The topological polar surface area (TPSA) is 27.0 Å². The molecule has 0 unspecified atom stereocenters. The number of halogens is 1. The number of hydrogen-bond donors (Lipinski definition) is 0. The van der Waals surface area contributed by atoms with Gasteiger partial charge in [-0.05, 0) is 49.7 Å². The van der Waals surface area contributed by atoms with Crippen LogP contribution in [0.3, 0.4) is 0 Å². The highest BCUT2D eigenvalue weighted by Gasteiger charge is 2.12. The number of nitriles is 1. The normalized spacial score (nSPS) is 10.0. The van der Waals surface area contributed by atoms with Gasteiger partial charge in [-0.15, -0.1) is 0 Å². The first-order valence-electron chi connectivity index (χ1n) is 6.19. The van der Waals surface area contributed by atoms with Crippen molar-refractivity contribution in [2.45, 2.75) is 13.8 Å². The monoisotopic (exact) mass is 314 g/mol. The molecule has 0 aliphatic rings. The van der Waals surface area contributed by atoms with Gasteiger partial charge in [-0.1, -0.05) is 28.1 Å². The molecule has 0 fully saturated rings. The third-order valence-electron chi connectivity index (χ3n) is 3.00. The van der Waals surface area contributed by atoms with Crippen LogP contribution < -0.4 is 4.90 Å². The lowest BCUT2D eigenvalue weighted by molar-refractivity contribution is 1.02. The fourth-order valence-corrected chi connectivity index (χ4v) is 2.48. The third-order valence-corrected chi connectivity index (χ3v) is 3.49. The van der Waals surface area contributed by atoms with Crippen molar-refractivity contribution in [3.8, 4) is 6.07 Å². The summed E-state index contributed by atoms with van der Waals surface area (Å²) < 4.78 is 0.924. The number of nitrogens with zero attached hydrogens (tertiary/aromatic N) is 2. The maximum atomic E-state index is 9.29. The fraction of sp³-hybridized carbons (Fsp3) is 0.188. The Morgan fingerprint density at radius 2 is 2.00 bits per heavy atom. The highest BCUT2D eigenvalue weighted by molar-refractivity contribution is 9.10. The molecule has 0 bridgehead atoms. The molecule has 0 aliphatic carbocycles. The van der Waals surface area contributed by atoms with E-state index in [2.05, 4.69) is 58.9 Å². The van der Waals surface area contributed by atoms with Gasteiger partial charge in [0.05, 0.1) is 11.3 Å². The molecule has 0 radical (unpaired) electrons. The van der Waals surface area contributed by atoms with Crippen molar-refractivity contribution in [1.29, 1.82) is 5.26 Å². The summed E-state index contributed by atoms with van der Waals surface area (Å²) in [6, 6.07) is 16.4. The van der Waals surface area contributed by atoms with E-state index in [-0.39, 0.29) is 0 Å². The Bertz CT molecular complexity index is 629. The summed E-state index contributed by atoms with van der Waals surface area (Å²) in [7, 11) is 0. The van der Waals surface area contributed by atoms with Crippen molar-refractivity contribution in [3.63, 3.8) is 0 Å². The minimum atomic E-state index is 0.678. The van der Waals surface area contributed by atoms with Gasteiger partial charge in [-0.3, -0.25) is 0 Å². The van der Waals surface area contributed by atoms with Crippen LogP contribution in [0.5, 0.6) is 0 Å². The Morgan fingerprint density at radius 3 is 2.63 bits per heavy atom. The minimum Gasteiger partial charge on any atom is -0.341 e. The van der Waals surface area contributed by atoms with E-state index in [0.717, 1.165) is 22.4 Å². The van der Waals surface area contributed by atoms with Gasteiger partial charge >= 0.3 is 0 Å². The molecule has 19 heavy (non-hydrogen) atoms. The van der Waals surface area contributed by atoms with Crippen molar-refractivity contribution in [2.24, 2.45) is 0 Å². The van der Waals surface area contributed by atoms with Crippen molar-refractivity contribution in [1.82, 2.24) is 0 Å². The van der Waals surface area contributed by atoms with Gasteiger partial charge in [0, 0.05) is 16.7 Å². The van der Waals surface area contributed by atoms with Crippen LogP contribution in [0.15, 0.2) is 46.9 Å². The summed E-state index contributed by atoms with van der Waals surface area (Å²) in [5.74, 6) is 0. The molecule has 2 aromatic rings. The molecule has 0 atom stereocenters. The molecule has 0 saturated carbocycles. The standard InChI is InChI=1S/C16H15BrN2/c1-3-19(15-6-4-5-12(2)9-15)16-8-7-14(17)10-13(16)11-18/h4-10H,3H2,1-2H3. The lowest BCUT2D eigenvalue weighted by Crippen LogP contribution is -2.17. The SMILES string of the molecule is CCN(c1cccc(C)c1)c1ccc(Br)cc1C#N. The van der Waals surface area contributed by atoms with Crippen LogP contribution in [-0.2, 0) is 0 Å². The molecule has 3 heteroatoms. The van der Waals surface area contributed by atoms with E-state index >= 15 is 0 Å². The first-order chi connectivity index (χ1) is 9.15. The number of rotatable bonds is 3. The minimum absolute atomic E-state index is 0.678. The Labute approximate surface area is 122 Å². The van der Waals surface area contributed by atoms with Crippen molar-refractivity contribution < 1.29 is 0 Å². The van der Waals surface area contributed by atoms with Crippen LogP contribution in [0.2, 0.25) is 0 Å². The summed E-state index contributed by atoms with van der Waals surface area (Å²) in [5.41, 5.74) is 3.95. The van der Waals surface area contributed by atoms with E-state index in [0.29, 0.717) is 5.56 Å². The van der Waals surface area contributed by atoms with Crippen molar-refractivity contribution in [3.05, 3.63) is 58.1 Å². The molecule has 0 aromatic heterocycles. The molecular formula is C16H15BrN2. The maximum absolute atomic E-state index is 9.29. The number of hydrogen-bond acceptors (Lipinski definition) is 2. The maximum Gasteiger partial charge on any atom is 0.101 e. The highest BCUT2D eigenvalue weighted by Crippen LogP contribution is 2.30. The predicted octanol–water partition coefficient (Wildman–Crippen LogP) is 4.79. The molecular weight excluding hydrogens is 300 g/mol. The lowest BCUT2D eigenvalue weighted by Gasteiger charge is -2.24. The second kappa shape index (κ2) is 5.90. The van der Waals surface area contributed by atoms with Crippen LogP contribution in [0, 0.1) is 18.3 Å². The zero-order valence-electron chi connectivity index (χ0n) is 11.0. The van der Waals surface area contributed by atoms with Crippen LogP contribution in [0.4, 0.5) is 11.4 Å². The molecule has 2 rings (SSSR count). The van der Waals surface area contributed by atoms with Gasteiger partial charge in [0.2, 0.25) is 0 Å². The molecule has 2 aromatic carbocycles. The second-order valence-corrected chi connectivity index (χ2v) is 5.27. The lowest BCUT2D eigenvalue weighted by atomic mass is 10.1. The Kier molecular flexibility index (Phi) is 4.24. The summed E-state index contributed by atoms with van der Waals surface area (Å²) in [4.78, 5) is 2.15. The van der Waals surface area contributed by atoms with Crippen LogP contribution in [0.25, 0.3) is 0 Å². The van der Waals surface area contributed by atoms with Gasteiger partial charge in [0.1, 0.15) is 6.07 Å². The molecule has 96 valence electrons. The van der Waals surface area contributed by atoms with Gasteiger partial charge in [0.15, 0.2) is 0 Å². The number of anilines is 2. The van der Waals surface area contributed by atoms with E-state index in [1.165, 1.54) is 5.56 Å². The Hall–Kier alpha value is -1.79. The Morgan fingerprint density at radius 1 is 1.21 bits per heavy atom. The first kappa shape index (κ1) is 13.6. The van der Waals surface area contributed by atoms with E-state index in [1.807, 2.05) is 24.3 Å². The largest absolute Gasteiger partial charge is 0.341 e. The fourth-order valence-electron chi connectivity index (χ4n) is 2.12. The molecule has 0 heterocycles. The molecule has 0 amide bonds. The molecule has 0 spiro atoms. The number of benzene rings is 2. The van der Waals surface area contributed by atoms with E-state index in [4.69, 9.17) is 0 Å². The molecule has 0 aliphatic heterocycles.